The summed E-state index contributed by atoms with van der Waals surface area (Å²) in [5.41, 5.74) is 3.00. The maximum Gasteiger partial charge on any atom is 0.216 e. The second-order valence-electron chi connectivity index (χ2n) is 7.60. The molecule has 2 aromatic rings. The summed E-state index contributed by atoms with van der Waals surface area (Å²) >= 11 is 0. The van der Waals surface area contributed by atoms with Crippen LogP contribution >= 0.6 is 0 Å². The van der Waals surface area contributed by atoms with Crippen molar-refractivity contribution in [1.82, 2.24) is 15.4 Å². The number of nitrogens with one attached hydrogen (secondary N) is 3. The summed E-state index contributed by atoms with van der Waals surface area (Å²) in [5.74, 6) is 0.212. The molecule has 0 aliphatic rings. The molecule has 0 radical (unpaired) electrons. The molecule has 1 atom stereocenters. The number of aliphatic imine (C=N–C) groups is 1. The molecule has 3 N–H and O–H groups in total. The van der Waals surface area contributed by atoms with Crippen molar-refractivity contribution in [2.75, 3.05) is 7.05 Å². The Morgan fingerprint density at radius 1 is 1.10 bits per heavy atom. The SMILES string of the molecule is CN=C(NCc1ccccc1CS(=O)(=O)NC(C)C)NC(C)c1ccc(C)c(F)c1. The lowest BCUT2D eigenvalue weighted by Gasteiger charge is -2.19. The largest absolute Gasteiger partial charge is 0.352 e. The second kappa shape index (κ2) is 10.5. The zero-order valence-electron chi connectivity index (χ0n) is 18.2. The molecule has 0 spiro atoms. The molecule has 1 unspecified atom stereocenters. The first-order valence-corrected chi connectivity index (χ1v) is 11.6. The van der Waals surface area contributed by atoms with Crippen LogP contribution in [0, 0.1) is 12.7 Å². The number of guanidine groups is 1. The van der Waals surface area contributed by atoms with Crippen LogP contribution in [0.5, 0.6) is 0 Å². The van der Waals surface area contributed by atoms with E-state index in [-0.39, 0.29) is 23.7 Å². The number of benzene rings is 2. The van der Waals surface area contributed by atoms with Crippen LogP contribution in [0.25, 0.3) is 0 Å². The van der Waals surface area contributed by atoms with Crippen LogP contribution in [0.4, 0.5) is 4.39 Å². The van der Waals surface area contributed by atoms with Gasteiger partial charge in [0.1, 0.15) is 5.82 Å². The number of hydrogen-bond acceptors (Lipinski definition) is 3. The topological polar surface area (TPSA) is 82.6 Å². The number of nitrogens with zero attached hydrogens (tertiary/aromatic N) is 1. The van der Waals surface area contributed by atoms with Crippen molar-refractivity contribution >= 4 is 16.0 Å². The molecule has 0 amide bonds. The minimum atomic E-state index is -3.42. The van der Waals surface area contributed by atoms with Gasteiger partial charge < -0.3 is 10.6 Å². The molecule has 6 nitrogen and oxygen atoms in total. The maximum absolute atomic E-state index is 13.9. The number of rotatable bonds is 8. The van der Waals surface area contributed by atoms with Gasteiger partial charge in [-0.05, 0) is 56.0 Å². The van der Waals surface area contributed by atoms with Gasteiger partial charge in [0.05, 0.1) is 11.8 Å². The first-order valence-electron chi connectivity index (χ1n) is 9.91. The molecule has 0 aliphatic heterocycles. The Morgan fingerprint density at radius 2 is 1.77 bits per heavy atom. The molecule has 164 valence electrons. The summed E-state index contributed by atoms with van der Waals surface area (Å²) in [4.78, 5) is 4.22. The summed E-state index contributed by atoms with van der Waals surface area (Å²) in [7, 11) is -1.77. The zero-order valence-corrected chi connectivity index (χ0v) is 19.0. The van der Waals surface area contributed by atoms with E-state index in [0.29, 0.717) is 18.1 Å². The Morgan fingerprint density at radius 3 is 2.37 bits per heavy atom. The third-order valence-electron chi connectivity index (χ3n) is 4.60. The normalized spacial score (nSPS) is 13.4. The molecule has 0 saturated carbocycles. The van der Waals surface area contributed by atoms with Gasteiger partial charge in [0, 0.05) is 19.6 Å². The quantitative estimate of drug-likeness (QED) is 0.439. The highest BCUT2D eigenvalue weighted by molar-refractivity contribution is 7.88. The fraction of sp³-hybridized carbons (Fsp3) is 0.409. The molecule has 0 bridgehead atoms. The average molecular weight is 435 g/mol. The molecule has 0 aliphatic carbocycles. The van der Waals surface area contributed by atoms with Gasteiger partial charge in [-0.1, -0.05) is 36.4 Å². The molecule has 8 heteroatoms. The van der Waals surface area contributed by atoms with Crippen LogP contribution in [0.2, 0.25) is 0 Å². The Hall–Kier alpha value is -2.45. The van der Waals surface area contributed by atoms with Gasteiger partial charge in [0.2, 0.25) is 10.0 Å². The minimum absolute atomic E-state index is 0.0892. The molecule has 0 aromatic heterocycles. The van der Waals surface area contributed by atoms with Gasteiger partial charge in [0.15, 0.2) is 5.96 Å². The van der Waals surface area contributed by atoms with Gasteiger partial charge in [0.25, 0.3) is 0 Å². The van der Waals surface area contributed by atoms with E-state index in [1.807, 2.05) is 37.3 Å². The highest BCUT2D eigenvalue weighted by Crippen LogP contribution is 2.16. The van der Waals surface area contributed by atoms with Crippen LogP contribution in [-0.2, 0) is 22.3 Å². The average Bonchev–Trinajstić information content (AvgIpc) is 2.66. The van der Waals surface area contributed by atoms with E-state index in [9.17, 15) is 12.8 Å². The molecule has 2 rings (SSSR count). The van der Waals surface area contributed by atoms with Crippen molar-refractivity contribution in [3.05, 3.63) is 70.5 Å². The molecule has 0 fully saturated rings. The third kappa shape index (κ3) is 7.11. The number of halogens is 1. The van der Waals surface area contributed by atoms with Crippen molar-refractivity contribution in [2.45, 2.75) is 52.1 Å². The van der Waals surface area contributed by atoms with E-state index in [0.717, 1.165) is 16.7 Å². The Kier molecular flexibility index (Phi) is 8.37. The predicted octanol–water partition coefficient (Wildman–Crippen LogP) is 3.39. The molecule has 2 aromatic carbocycles. The predicted molar refractivity (Wildman–Crippen MR) is 120 cm³/mol. The van der Waals surface area contributed by atoms with Gasteiger partial charge >= 0.3 is 0 Å². The molecule has 0 heterocycles. The van der Waals surface area contributed by atoms with Crippen molar-refractivity contribution < 1.29 is 12.8 Å². The van der Waals surface area contributed by atoms with Crippen LogP contribution in [0.3, 0.4) is 0 Å². The van der Waals surface area contributed by atoms with Crippen LogP contribution in [0.15, 0.2) is 47.5 Å². The summed E-state index contributed by atoms with van der Waals surface area (Å²) < 4.78 is 41.1. The van der Waals surface area contributed by atoms with Crippen LogP contribution < -0.4 is 15.4 Å². The van der Waals surface area contributed by atoms with Crippen molar-refractivity contribution in [3.8, 4) is 0 Å². The van der Waals surface area contributed by atoms with Gasteiger partial charge in [-0.2, -0.15) is 0 Å². The first-order chi connectivity index (χ1) is 14.1. The van der Waals surface area contributed by atoms with E-state index in [1.165, 1.54) is 6.07 Å². The van der Waals surface area contributed by atoms with E-state index >= 15 is 0 Å². The number of sulfonamides is 1. The fourth-order valence-electron chi connectivity index (χ4n) is 3.02. The lowest BCUT2D eigenvalue weighted by Crippen LogP contribution is -2.38. The van der Waals surface area contributed by atoms with Crippen molar-refractivity contribution in [1.29, 1.82) is 0 Å². The molecular formula is C22H31FN4O2S. The summed E-state index contributed by atoms with van der Waals surface area (Å²) in [6, 6.07) is 12.2. The van der Waals surface area contributed by atoms with Gasteiger partial charge in [-0.3, -0.25) is 4.99 Å². The smallest absolute Gasteiger partial charge is 0.216 e. The maximum atomic E-state index is 13.9. The molecule has 0 saturated heterocycles. The zero-order chi connectivity index (χ0) is 22.3. The van der Waals surface area contributed by atoms with E-state index in [1.54, 1.807) is 33.9 Å². The Labute approximate surface area is 179 Å². The van der Waals surface area contributed by atoms with Gasteiger partial charge in [-0.15, -0.1) is 0 Å². The van der Waals surface area contributed by atoms with Crippen molar-refractivity contribution in [2.24, 2.45) is 4.99 Å². The summed E-state index contributed by atoms with van der Waals surface area (Å²) in [6.45, 7) is 7.65. The minimum Gasteiger partial charge on any atom is -0.352 e. The summed E-state index contributed by atoms with van der Waals surface area (Å²) in [5, 5.41) is 6.44. The number of hydrogen-bond donors (Lipinski definition) is 3. The van der Waals surface area contributed by atoms with Gasteiger partial charge in [-0.25, -0.2) is 17.5 Å². The Balaban J connectivity index is 2.05. The Bertz CT molecular complexity index is 990. The fourth-order valence-corrected chi connectivity index (χ4v) is 4.51. The van der Waals surface area contributed by atoms with E-state index < -0.39 is 10.0 Å². The summed E-state index contributed by atoms with van der Waals surface area (Å²) in [6.07, 6.45) is 0. The highest BCUT2D eigenvalue weighted by Gasteiger charge is 2.16. The standard InChI is InChI=1S/C22H31FN4O2S/c1-15(2)27-30(28,29)14-20-9-7-6-8-19(20)13-25-22(24-5)26-17(4)18-11-10-16(3)21(23)12-18/h6-12,15,17,27H,13-14H2,1-5H3,(H2,24,25,26). The highest BCUT2D eigenvalue weighted by atomic mass is 32.2. The second-order valence-corrected chi connectivity index (χ2v) is 9.35. The lowest BCUT2D eigenvalue weighted by molar-refractivity contribution is 0.568. The third-order valence-corrected chi connectivity index (χ3v) is 6.12. The van der Waals surface area contributed by atoms with Crippen molar-refractivity contribution in [3.63, 3.8) is 0 Å². The van der Waals surface area contributed by atoms with Crippen LogP contribution in [0.1, 0.15) is 49.1 Å². The molecule has 30 heavy (non-hydrogen) atoms. The molecular weight excluding hydrogens is 403 g/mol. The lowest BCUT2D eigenvalue weighted by atomic mass is 10.1. The first kappa shape index (κ1) is 23.8. The monoisotopic (exact) mass is 434 g/mol. The van der Waals surface area contributed by atoms with E-state index in [4.69, 9.17) is 0 Å². The van der Waals surface area contributed by atoms with E-state index in [2.05, 4.69) is 20.3 Å². The number of aryl methyl sites for hydroxylation is 1. The van der Waals surface area contributed by atoms with Crippen LogP contribution in [-0.4, -0.2) is 27.5 Å².